The molecule has 0 saturated heterocycles. The van der Waals surface area contributed by atoms with Gasteiger partial charge < -0.3 is 5.32 Å². The standard InChI is InChI=1S/C26H24F6N6/c1-4-38(15(2)3)14-22-36-20-12-16(23-19(25(27,28)29)6-5-11-33-23)7-9-18(20)24(37-22)35-17-8-10-21(34-13-17)26(30,31)32/h5-13,15H,4,14H2,1-3H3,(H,35,36,37). The summed E-state index contributed by atoms with van der Waals surface area (Å²) >= 11 is 0. The second-order valence-corrected chi connectivity index (χ2v) is 8.83. The van der Waals surface area contributed by atoms with Crippen molar-refractivity contribution >= 4 is 22.4 Å². The molecule has 0 radical (unpaired) electrons. The first kappa shape index (κ1) is 27.2. The Kier molecular flexibility index (Phi) is 7.54. The average molecular weight is 535 g/mol. The van der Waals surface area contributed by atoms with Crippen LogP contribution in [0, 0.1) is 0 Å². The predicted molar refractivity (Wildman–Crippen MR) is 132 cm³/mol. The lowest BCUT2D eigenvalue weighted by atomic mass is 10.0. The number of pyridine rings is 2. The van der Waals surface area contributed by atoms with E-state index in [1.165, 1.54) is 30.5 Å². The summed E-state index contributed by atoms with van der Waals surface area (Å²) in [7, 11) is 0. The van der Waals surface area contributed by atoms with Gasteiger partial charge in [-0.15, -0.1) is 0 Å². The number of alkyl halides is 6. The van der Waals surface area contributed by atoms with Gasteiger partial charge in [-0.05, 0) is 56.8 Å². The van der Waals surface area contributed by atoms with Gasteiger partial charge in [0, 0.05) is 23.2 Å². The third kappa shape index (κ3) is 6.01. The van der Waals surface area contributed by atoms with Crippen molar-refractivity contribution < 1.29 is 26.3 Å². The van der Waals surface area contributed by atoms with Crippen LogP contribution < -0.4 is 5.32 Å². The Morgan fingerprint density at radius 3 is 2.29 bits per heavy atom. The maximum atomic E-state index is 13.6. The van der Waals surface area contributed by atoms with Gasteiger partial charge in [0.25, 0.3) is 0 Å². The zero-order chi connectivity index (χ0) is 27.7. The van der Waals surface area contributed by atoms with Crippen LogP contribution in [0.5, 0.6) is 0 Å². The van der Waals surface area contributed by atoms with Crippen LogP contribution >= 0.6 is 0 Å². The number of benzene rings is 1. The smallest absolute Gasteiger partial charge is 0.338 e. The fraction of sp³-hybridized carbons (Fsp3) is 0.308. The number of halogens is 6. The highest BCUT2D eigenvalue weighted by Crippen LogP contribution is 2.37. The minimum atomic E-state index is -4.60. The van der Waals surface area contributed by atoms with E-state index in [0.717, 1.165) is 18.3 Å². The van der Waals surface area contributed by atoms with Crippen molar-refractivity contribution in [3.05, 3.63) is 71.9 Å². The van der Waals surface area contributed by atoms with Crippen LogP contribution in [-0.2, 0) is 18.9 Å². The third-order valence-electron chi connectivity index (χ3n) is 5.93. The molecule has 0 aliphatic rings. The van der Waals surface area contributed by atoms with Crippen molar-refractivity contribution in [1.29, 1.82) is 0 Å². The lowest BCUT2D eigenvalue weighted by molar-refractivity contribution is -0.141. The van der Waals surface area contributed by atoms with Crippen LogP contribution in [0.15, 0.2) is 54.9 Å². The van der Waals surface area contributed by atoms with E-state index in [4.69, 9.17) is 0 Å². The summed E-state index contributed by atoms with van der Waals surface area (Å²) in [5, 5.41) is 3.45. The molecule has 4 aromatic rings. The average Bonchev–Trinajstić information content (AvgIpc) is 2.86. The molecule has 0 aliphatic carbocycles. The van der Waals surface area contributed by atoms with Gasteiger partial charge in [0.05, 0.1) is 35.2 Å². The van der Waals surface area contributed by atoms with Crippen LogP contribution in [-0.4, -0.2) is 37.4 Å². The van der Waals surface area contributed by atoms with Gasteiger partial charge in [0.1, 0.15) is 17.3 Å². The van der Waals surface area contributed by atoms with Crippen LogP contribution in [0.2, 0.25) is 0 Å². The summed E-state index contributed by atoms with van der Waals surface area (Å²) in [6, 6.07) is 8.97. The van der Waals surface area contributed by atoms with E-state index < -0.39 is 23.6 Å². The molecule has 6 nitrogen and oxygen atoms in total. The van der Waals surface area contributed by atoms with E-state index in [1.54, 1.807) is 6.07 Å². The normalized spacial score (nSPS) is 12.5. The van der Waals surface area contributed by atoms with Gasteiger partial charge in [0.2, 0.25) is 0 Å². The first-order chi connectivity index (χ1) is 17.9. The van der Waals surface area contributed by atoms with Gasteiger partial charge in [-0.2, -0.15) is 26.3 Å². The third-order valence-corrected chi connectivity index (χ3v) is 5.93. The van der Waals surface area contributed by atoms with E-state index in [9.17, 15) is 26.3 Å². The molecular formula is C26H24F6N6. The molecule has 3 heterocycles. The Labute approximate surface area is 214 Å². The van der Waals surface area contributed by atoms with Gasteiger partial charge in [-0.1, -0.05) is 13.0 Å². The molecule has 1 aromatic carbocycles. The highest BCUT2D eigenvalue weighted by Gasteiger charge is 2.34. The quantitative estimate of drug-likeness (QED) is 0.255. The van der Waals surface area contributed by atoms with Gasteiger partial charge in [-0.3, -0.25) is 9.88 Å². The predicted octanol–water partition coefficient (Wildman–Crippen LogP) is 7.10. The molecule has 0 bridgehead atoms. The highest BCUT2D eigenvalue weighted by atomic mass is 19.4. The Balaban J connectivity index is 1.82. The van der Waals surface area contributed by atoms with Crippen LogP contribution in [0.1, 0.15) is 37.9 Å². The second kappa shape index (κ2) is 10.5. The Morgan fingerprint density at radius 2 is 1.68 bits per heavy atom. The minimum absolute atomic E-state index is 0.170. The Bertz CT molecular complexity index is 1420. The maximum Gasteiger partial charge on any atom is 0.433 e. The van der Waals surface area contributed by atoms with Gasteiger partial charge >= 0.3 is 12.4 Å². The first-order valence-corrected chi connectivity index (χ1v) is 11.7. The molecule has 12 heteroatoms. The monoisotopic (exact) mass is 534 g/mol. The van der Waals surface area contributed by atoms with E-state index in [2.05, 4.69) is 30.2 Å². The molecule has 0 aliphatic heterocycles. The molecule has 3 aromatic heterocycles. The Morgan fingerprint density at radius 1 is 0.921 bits per heavy atom. The lowest BCUT2D eigenvalue weighted by Crippen LogP contribution is -2.30. The lowest BCUT2D eigenvalue weighted by Gasteiger charge is -2.24. The molecule has 0 amide bonds. The molecular weight excluding hydrogens is 510 g/mol. The first-order valence-electron chi connectivity index (χ1n) is 11.7. The molecule has 0 atom stereocenters. The summed E-state index contributed by atoms with van der Waals surface area (Å²) in [6.45, 7) is 7.05. The number of nitrogens with zero attached hydrogens (tertiary/aromatic N) is 5. The molecule has 0 unspecified atom stereocenters. The maximum absolute atomic E-state index is 13.6. The van der Waals surface area contributed by atoms with Gasteiger partial charge in [0.15, 0.2) is 0 Å². The summed E-state index contributed by atoms with van der Waals surface area (Å²) in [6.07, 6.45) is -6.85. The van der Waals surface area contributed by atoms with Crippen molar-refractivity contribution in [2.45, 2.75) is 45.7 Å². The molecule has 0 saturated carbocycles. The molecule has 200 valence electrons. The highest BCUT2D eigenvalue weighted by molar-refractivity contribution is 5.93. The molecule has 0 spiro atoms. The topological polar surface area (TPSA) is 66.8 Å². The molecule has 38 heavy (non-hydrogen) atoms. The number of hydrogen-bond acceptors (Lipinski definition) is 6. The fourth-order valence-electron chi connectivity index (χ4n) is 3.97. The molecule has 0 fully saturated rings. The van der Waals surface area contributed by atoms with Gasteiger partial charge in [-0.25, -0.2) is 15.0 Å². The Hall–Kier alpha value is -3.80. The van der Waals surface area contributed by atoms with E-state index in [1.807, 2.05) is 20.8 Å². The second-order valence-electron chi connectivity index (χ2n) is 8.83. The number of rotatable bonds is 7. The van der Waals surface area contributed by atoms with Crippen molar-refractivity contribution in [3.63, 3.8) is 0 Å². The number of fused-ring (bicyclic) bond motifs is 1. The number of hydrogen-bond donors (Lipinski definition) is 1. The van der Waals surface area contributed by atoms with Crippen molar-refractivity contribution in [1.82, 2.24) is 24.8 Å². The van der Waals surface area contributed by atoms with Crippen LogP contribution in [0.4, 0.5) is 37.8 Å². The minimum Gasteiger partial charge on any atom is -0.338 e. The zero-order valence-corrected chi connectivity index (χ0v) is 20.7. The molecule has 1 N–H and O–H groups in total. The SMILES string of the molecule is CCN(Cc1nc(Nc2ccc(C(F)(F)F)nc2)c2ccc(-c3ncccc3C(F)(F)F)cc2n1)C(C)C. The number of anilines is 2. The molecule has 4 rings (SSSR count). The van der Waals surface area contributed by atoms with E-state index >= 15 is 0 Å². The van der Waals surface area contributed by atoms with Crippen LogP contribution in [0.3, 0.4) is 0 Å². The van der Waals surface area contributed by atoms with E-state index in [0.29, 0.717) is 29.8 Å². The number of nitrogens with one attached hydrogen (secondary N) is 1. The van der Waals surface area contributed by atoms with Crippen molar-refractivity contribution in [2.75, 3.05) is 11.9 Å². The fourth-order valence-corrected chi connectivity index (χ4v) is 3.97. The summed E-state index contributed by atoms with van der Waals surface area (Å²) in [5.41, 5.74) is -1.32. The summed E-state index contributed by atoms with van der Waals surface area (Å²) in [5.74, 6) is 0.680. The zero-order valence-electron chi connectivity index (χ0n) is 20.7. The largest absolute Gasteiger partial charge is 0.433 e. The van der Waals surface area contributed by atoms with Crippen LogP contribution in [0.25, 0.3) is 22.2 Å². The van der Waals surface area contributed by atoms with Crippen molar-refractivity contribution in [3.8, 4) is 11.3 Å². The summed E-state index contributed by atoms with van der Waals surface area (Å²) < 4.78 is 79.6. The van der Waals surface area contributed by atoms with Crippen molar-refractivity contribution in [2.24, 2.45) is 0 Å². The number of aromatic nitrogens is 4. The summed E-state index contributed by atoms with van der Waals surface area (Å²) in [4.78, 5) is 18.7. The van der Waals surface area contributed by atoms with E-state index in [-0.39, 0.29) is 28.8 Å².